The van der Waals surface area contributed by atoms with E-state index in [4.69, 9.17) is 0 Å². The Kier molecular flexibility index (Phi) is 4.02. The van der Waals surface area contributed by atoms with E-state index in [1.807, 2.05) is 50.2 Å². The highest BCUT2D eigenvalue weighted by Gasteiger charge is 2.10. The van der Waals surface area contributed by atoms with E-state index in [0.29, 0.717) is 5.82 Å². The largest absolute Gasteiger partial charge is 0.365 e. The Morgan fingerprint density at radius 1 is 1.17 bits per heavy atom. The molecule has 0 bridgehead atoms. The molecule has 1 aromatic heterocycles. The summed E-state index contributed by atoms with van der Waals surface area (Å²) in [7, 11) is 3.73. The maximum atomic E-state index is 12.2. The van der Waals surface area contributed by atoms with Crippen LogP contribution in [-0.2, 0) is 11.8 Å². The lowest BCUT2D eigenvalue weighted by Gasteiger charge is -2.19. The molecule has 0 aliphatic heterocycles. The van der Waals surface area contributed by atoms with Gasteiger partial charge >= 0.3 is 0 Å². The number of anilines is 2. The molecule has 3 rings (SSSR count). The summed E-state index contributed by atoms with van der Waals surface area (Å²) in [5, 5.41) is 9.47. The minimum absolute atomic E-state index is 0.0661. The molecule has 1 N–H and O–H groups in total. The molecule has 0 radical (unpaired) electrons. The molecular weight excluding hydrogens is 288 g/mol. The molecule has 0 unspecified atom stereocenters. The van der Waals surface area contributed by atoms with Gasteiger partial charge in [-0.05, 0) is 29.8 Å². The molecule has 23 heavy (non-hydrogen) atoms. The van der Waals surface area contributed by atoms with E-state index in [1.54, 1.807) is 4.68 Å². The number of aromatic nitrogens is 2. The van der Waals surface area contributed by atoms with Crippen molar-refractivity contribution < 1.29 is 4.79 Å². The predicted molar refractivity (Wildman–Crippen MR) is 93.8 cm³/mol. The summed E-state index contributed by atoms with van der Waals surface area (Å²) in [4.78, 5) is 14.2. The number of nitrogens with zero attached hydrogens (tertiary/aromatic N) is 3. The number of hydrogen-bond donors (Lipinski definition) is 1. The van der Waals surface area contributed by atoms with Crippen LogP contribution in [0.5, 0.6) is 0 Å². The summed E-state index contributed by atoms with van der Waals surface area (Å²) in [5.74, 6) is 0.642. The number of likely N-dealkylation sites (N-methyl/N-ethyl adjacent to an activating group) is 1. The Bertz CT molecular complexity index is 853. The Balaban J connectivity index is 1.70. The Morgan fingerprint density at radius 2 is 1.91 bits per heavy atom. The van der Waals surface area contributed by atoms with E-state index >= 15 is 0 Å². The number of amides is 1. The van der Waals surface area contributed by atoms with Crippen LogP contribution in [0.15, 0.2) is 48.5 Å². The first kappa shape index (κ1) is 15.1. The van der Waals surface area contributed by atoms with Gasteiger partial charge in [-0.1, -0.05) is 30.3 Å². The zero-order valence-electron chi connectivity index (χ0n) is 13.6. The zero-order chi connectivity index (χ0) is 16.4. The zero-order valence-corrected chi connectivity index (χ0v) is 13.6. The van der Waals surface area contributed by atoms with Gasteiger partial charge < -0.3 is 10.2 Å². The fraction of sp³-hybridized carbons (Fsp3) is 0.222. The summed E-state index contributed by atoms with van der Waals surface area (Å²) in [6.07, 6.45) is 0. The van der Waals surface area contributed by atoms with Crippen LogP contribution in [0.2, 0.25) is 0 Å². The lowest BCUT2D eigenvalue weighted by atomic mass is 10.1. The second kappa shape index (κ2) is 6.12. The van der Waals surface area contributed by atoms with Crippen LogP contribution in [0.4, 0.5) is 11.5 Å². The monoisotopic (exact) mass is 308 g/mol. The first-order valence-electron chi connectivity index (χ1n) is 7.53. The molecule has 0 aliphatic carbocycles. The molecule has 2 aromatic carbocycles. The lowest BCUT2D eigenvalue weighted by molar-refractivity contribution is -0.115. The van der Waals surface area contributed by atoms with Gasteiger partial charge in [0.25, 0.3) is 0 Å². The topological polar surface area (TPSA) is 50.2 Å². The average molecular weight is 308 g/mol. The quantitative estimate of drug-likeness (QED) is 0.806. The summed E-state index contributed by atoms with van der Waals surface area (Å²) >= 11 is 0. The van der Waals surface area contributed by atoms with Crippen molar-refractivity contribution in [1.29, 1.82) is 0 Å². The predicted octanol–water partition coefficient (Wildman–Crippen LogP) is 2.96. The van der Waals surface area contributed by atoms with Gasteiger partial charge in [-0.25, -0.2) is 0 Å². The van der Waals surface area contributed by atoms with Crippen LogP contribution in [0.3, 0.4) is 0 Å². The number of aryl methyl sites for hydroxylation is 2. The van der Waals surface area contributed by atoms with Crippen molar-refractivity contribution in [3.05, 3.63) is 54.2 Å². The van der Waals surface area contributed by atoms with E-state index in [2.05, 4.69) is 34.7 Å². The van der Waals surface area contributed by atoms with Crippen LogP contribution in [0.1, 0.15) is 5.69 Å². The maximum absolute atomic E-state index is 12.2. The third kappa shape index (κ3) is 3.34. The minimum atomic E-state index is -0.0661. The van der Waals surface area contributed by atoms with E-state index < -0.39 is 0 Å². The van der Waals surface area contributed by atoms with Crippen molar-refractivity contribution in [3.63, 3.8) is 0 Å². The van der Waals surface area contributed by atoms with Crippen molar-refractivity contribution in [2.75, 3.05) is 23.8 Å². The summed E-state index contributed by atoms with van der Waals surface area (Å²) < 4.78 is 1.67. The Labute approximate surface area is 135 Å². The number of fused-ring (bicyclic) bond motifs is 1. The van der Waals surface area contributed by atoms with Gasteiger partial charge in [0, 0.05) is 25.8 Å². The SMILES string of the molecule is Cc1cc(NC(=O)CN(C)c2ccc3ccccc3c2)n(C)n1. The van der Waals surface area contributed by atoms with Gasteiger partial charge in [0.15, 0.2) is 0 Å². The fourth-order valence-corrected chi connectivity index (χ4v) is 2.63. The first-order chi connectivity index (χ1) is 11.0. The van der Waals surface area contributed by atoms with Crippen LogP contribution in [-0.4, -0.2) is 29.3 Å². The molecule has 1 amide bonds. The van der Waals surface area contributed by atoms with Gasteiger partial charge in [-0.2, -0.15) is 5.10 Å². The maximum Gasteiger partial charge on any atom is 0.245 e. The van der Waals surface area contributed by atoms with Crippen LogP contribution in [0.25, 0.3) is 10.8 Å². The smallest absolute Gasteiger partial charge is 0.245 e. The third-order valence-corrected chi connectivity index (χ3v) is 3.82. The molecular formula is C18H20N4O. The molecule has 0 saturated carbocycles. The third-order valence-electron chi connectivity index (χ3n) is 3.82. The highest BCUT2D eigenvalue weighted by atomic mass is 16.2. The minimum Gasteiger partial charge on any atom is -0.365 e. The van der Waals surface area contributed by atoms with E-state index in [0.717, 1.165) is 11.4 Å². The number of carbonyl (C=O) groups is 1. The number of hydrogen-bond acceptors (Lipinski definition) is 3. The summed E-state index contributed by atoms with van der Waals surface area (Å²) in [6.45, 7) is 2.18. The molecule has 5 nitrogen and oxygen atoms in total. The van der Waals surface area contributed by atoms with Crippen LogP contribution >= 0.6 is 0 Å². The molecule has 0 atom stereocenters. The first-order valence-corrected chi connectivity index (χ1v) is 7.53. The van der Waals surface area contributed by atoms with Crippen molar-refractivity contribution in [2.45, 2.75) is 6.92 Å². The van der Waals surface area contributed by atoms with Crippen molar-refractivity contribution in [2.24, 2.45) is 7.05 Å². The molecule has 5 heteroatoms. The Morgan fingerprint density at radius 3 is 2.61 bits per heavy atom. The second-order valence-electron chi connectivity index (χ2n) is 5.73. The van der Waals surface area contributed by atoms with Gasteiger partial charge in [0.2, 0.25) is 5.91 Å². The average Bonchev–Trinajstić information content (AvgIpc) is 2.84. The molecule has 3 aromatic rings. The summed E-state index contributed by atoms with van der Waals surface area (Å²) in [5.41, 5.74) is 1.89. The standard InChI is InChI=1S/C18H20N4O/c1-13-10-17(22(3)20-13)19-18(23)12-21(2)16-9-8-14-6-4-5-7-15(14)11-16/h4-11H,12H2,1-3H3,(H,19,23). The highest BCUT2D eigenvalue weighted by molar-refractivity contribution is 5.94. The molecule has 0 aliphatic rings. The van der Waals surface area contributed by atoms with Gasteiger partial charge in [0.05, 0.1) is 12.2 Å². The van der Waals surface area contributed by atoms with E-state index in [-0.39, 0.29) is 12.5 Å². The number of rotatable bonds is 4. The normalized spacial score (nSPS) is 10.7. The molecule has 0 saturated heterocycles. The summed E-state index contributed by atoms with van der Waals surface area (Å²) in [6, 6.07) is 16.2. The Hall–Kier alpha value is -2.82. The van der Waals surface area contributed by atoms with E-state index in [9.17, 15) is 4.79 Å². The molecule has 118 valence electrons. The number of benzene rings is 2. The van der Waals surface area contributed by atoms with Crippen LogP contribution in [0, 0.1) is 6.92 Å². The van der Waals surface area contributed by atoms with Gasteiger partial charge in [0.1, 0.15) is 5.82 Å². The van der Waals surface area contributed by atoms with E-state index in [1.165, 1.54) is 10.8 Å². The van der Waals surface area contributed by atoms with Crippen LogP contribution < -0.4 is 10.2 Å². The van der Waals surface area contributed by atoms with Crippen molar-refractivity contribution in [1.82, 2.24) is 9.78 Å². The van der Waals surface area contributed by atoms with Crippen molar-refractivity contribution in [3.8, 4) is 0 Å². The highest BCUT2D eigenvalue weighted by Crippen LogP contribution is 2.21. The fourth-order valence-electron chi connectivity index (χ4n) is 2.63. The number of nitrogens with one attached hydrogen (secondary N) is 1. The van der Waals surface area contributed by atoms with Crippen molar-refractivity contribution >= 4 is 28.2 Å². The molecule has 1 heterocycles. The molecule has 0 spiro atoms. The van der Waals surface area contributed by atoms with Gasteiger partial charge in [-0.15, -0.1) is 0 Å². The lowest BCUT2D eigenvalue weighted by Crippen LogP contribution is -2.30. The van der Waals surface area contributed by atoms with Gasteiger partial charge in [-0.3, -0.25) is 9.48 Å². The molecule has 0 fully saturated rings. The number of carbonyl (C=O) groups excluding carboxylic acids is 1. The second-order valence-corrected chi connectivity index (χ2v) is 5.73.